The highest BCUT2D eigenvalue weighted by Crippen LogP contribution is 2.21. The highest BCUT2D eigenvalue weighted by Gasteiger charge is 2.21. The van der Waals surface area contributed by atoms with E-state index in [9.17, 15) is 9.59 Å². The lowest BCUT2D eigenvalue weighted by atomic mass is 10.0. The van der Waals surface area contributed by atoms with Crippen molar-refractivity contribution in [1.29, 1.82) is 0 Å². The fourth-order valence-corrected chi connectivity index (χ4v) is 4.19. The molecule has 1 saturated heterocycles. The molecule has 3 aromatic rings. The number of nitrogens with one attached hydrogen (secondary N) is 1. The molecular formula is C26H28N2O3. The molecule has 0 bridgehead atoms. The van der Waals surface area contributed by atoms with Gasteiger partial charge in [-0.1, -0.05) is 36.4 Å². The van der Waals surface area contributed by atoms with Crippen LogP contribution in [-0.4, -0.2) is 43.3 Å². The van der Waals surface area contributed by atoms with E-state index in [4.69, 9.17) is 4.74 Å². The molecule has 1 aliphatic rings. The van der Waals surface area contributed by atoms with Crippen LogP contribution in [0.5, 0.6) is 5.75 Å². The molecule has 0 aliphatic carbocycles. The van der Waals surface area contributed by atoms with E-state index >= 15 is 0 Å². The predicted molar refractivity (Wildman–Crippen MR) is 122 cm³/mol. The van der Waals surface area contributed by atoms with Gasteiger partial charge < -0.3 is 14.8 Å². The topological polar surface area (TPSA) is 58.6 Å². The number of hydrogen-bond donors (Lipinski definition) is 1. The van der Waals surface area contributed by atoms with Gasteiger partial charge in [-0.15, -0.1) is 0 Å². The fraction of sp³-hybridized carbons (Fsp3) is 0.308. The van der Waals surface area contributed by atoms with E-state index in [0.717, 1.165) is 44.3 Å². The highest BCUT2D eigenvalue weighted by molar-refractivity contribution is 5.94. The Kier molecular flexibility index (Phi) is 6.63. The number of benzene rings is 3. The summed E-state index contributed by atoms with van der Waals surface area (Å²) in [6, 6.07) is 20.2. The number of methoxy groups -OCH3 is 1. The summed E-state index contributed by atoms with van der Waals surface area (Å²) in [5.41, 5.74) is 2.95. The first-order valence-corrected chi connectivity index (χ1v) is 10.8. The number of nitrogens with zero attached hydrogens (tertiary/aromatic N) is 1. The molecule has 0 aromatic heterocycles. The van der Waals surface area contributed by atoms with Gasteiger partial charge in [0.1, 0.15) is 12.0 Å². The molecule has 1 amide bonds. The first-order valence-electron chi connectivity index (χ1n) is 10.8. The summed E-state index contributed by atoms with van der Waals surface area (Å²) in [4.78, 5) is 25.8. The molecule has 1 heterocycles. The second-order valence-electron chi connectivity index (χ2n) is 8.14. The van der Waals surface area contributed by atoms with Crippen LogP contribution in [0.15, 0.2) is 60.7 Å². The molecule has 1 aliphatic heterocycles. The van der Waals surface area contributed by atoms with E-state index in [-0.39, 0.29) is 11.9 Å². The van der Waals surface area contributed by atoms with Crippen LogP contribution in [0.1, 0.15) is 34.3 Å². The third-order valence-electron chi connectivity index (χ3n) is 5.95. The molecule has 0 spiro atoms. The van der Waals surface area contributed by atoms with Gasteiger partial charge in [0.05, 0.1) is 7.11 Å². The molecule has 0 saturated carbocycles. The molecule has 0 atom stereocenters. The normalized spacial score (nSPS) is 15.0. The summed E-state index contributed by atoms with van der Waals surface area (Å²) in [7, 11) is 1.60. The maximum Gasteiger partial charge on any atom is 0.251 e. The fourth-order valence-electron chi connectivity index (χ4n) is 4.19. The Morgan fingerprint density at radius 1 is 1.03 bits per heavy atom. The standard InChI is InChI=1S/C26H28N2O3/c1-31-25-4-2-3-22(17-25)26(30)27-24-9-12-28(13-10-24)18-20-6-8-21-7-5-19(11-14-29)15-23(21)16-20/h2-8,14-17,24H,9-13,18H2,1H3,(H,27,30). The minimum atomic E-state index is -0.0435. The Balaban J connectivity index is 1.32. The van der Waals surface area contributed by atoms with Crippen LogP contribution in [0.3, 0.4) is 0 Å². The van der Waals surface area contributed by atoms with Gasteiger partial charge in [-0.3, -0.25) is 9.69 Å². The van der Waals surface area contributed by atoms with Crippen molar-refractivity contribution >= 4 is 23.0 Å². The van der Waals surface area contributed by atoms with Crippen molar-refractivity contribution in [2.24, 2.45) is 0 Å². The predicted octanol–water partition coefficient (Wildman–Crippen LogP) is 3.98. The SMILES string of the molecule is COc1cccc(C(=O)NC2CCN(Cc3ccc4ccc(CC=O)cc4c3)CC2)c1. The van der Waals surface area contributed by atoms with Gasteiger partial charge in [0.2, 0.25) is 0 Å². The largest absolute Gasteiger partial charge is 0.497 e. The number of amides is 1. The van der Waals surface area contributed by atoms with Crippen LogP contribution in [0.4, 0.5) is 0 Å². The zero-order valence-electron chi connectivity index (χ0n) is 17.8. The van der Waals surface area contributed by atoms with Crippen LogP contribution in [0.2, 0.25) is 0 Å². The number of piperidine rings is 1. The zero-order chi connectivity index (χ0) is 21.6. The molecule has 1 fully saturated rings. The third kappa shape index (κ3) is 5.30. The van der Waals surface area contributed by atoms with Crippen LogP contribution < -0.4 is 10.1 Å². The Labute approximate surface area is 183 Å². The van der Waals surface area contributed by atoms with Crippen molar-refractivity contribution in [3.63, 3.8) is 0 Å². The van der Waals surface area contributed by atoms with Crippen molar-refractivity contribution < 1.29 is 14.3 Å². The van der Waals surface area contributed by atoms with Crippen molar-refractivity contribution in [2.45, 2.75) is 31.8 Å². The lowest BCUT2D eigenvalue weighted by Gasteiger charge is -2.32. The molecule has 1 N–H and O–H groups in total. The maximum atomic E-state index is 12.6. The maximum absolute atomic E-state index is 12.6. The number of ether oxygens (including phenoxy) is 1. The Morgan fingerprint density at radius 3 is 2.52 bits per heavy atom. The Morgan fingerprint density at radius 2 is 1.77 bits per heavy atom. The first kappa shape index (κ1) is 21.1. The molecule has 160 valence electrons. The summed E-state index contributed by atoms with van der Waals surface area (Å²) in [5, 5.41) is 5.53. The minimum Gasteiger partial charge on any atom is -0.497 e. The third-order valence-corrected chi connectivity index (χ3v) is 5.95. The van der Waals surface area contributed by atoms with E-state index in [0.29, 0.717) is 17.7 Å². The molecule has 0 unspecified atom stereocenters. The van der Waals surface area contributed by atoms with Crippen molar-refractivity contribution in [3.8, 4) is 5.75 Å². The van der Waals surface area contributed by atoms with Gasteiger partial charge in [0.15, 0.2) is 0 Å². The second kappa shape index (κ2) is 9.75. The average Bonchev–Trinajstić information content (AvgIpc) is 2.80. The van der Waals surface area contributed by atoms with Crippen LogP contribution in [-0.2, 0) is 17.8 Å². The second-order valence-corrected chi connectivity index (χ2v) is 8.14. The Bertz CT molecular complexity index is 1070. The van der Waals surface area contributed by atoms with Crippen LogP contribution in [0.25, 0.3) is 10.8 Å². The number of aldehydes is 1. The van der Waals surface area contributed by atoms with Gasteiger partial charge in [-0.2, -0.15) is 0 Å². The molecule has 31 heavy (non-hydrogen) atoms. The molecule has 3 aromatic carbocycles. The van der Waals surface area contributed by atoms with E-state index in [1.807, 2.05) is 24.3 Å². The van der Waals surface area contributed by atoms with Crippen molar-refractivity contribution in [2.75, 3.05) is 20.2 Å². The number of likely N-dealkylation sites (tertiary alicyclic amines) is 1. The summed E-state index contributed by atoms with van der Waals surface area (Å²) in [6.07, 6.45) is 3.27. The van der Waals surface area contributed by atoms with Gasteiger partial charge in [0.25, 0.3) is 5.91 Å². The number of rotatable bonds is 7. The summed E-state index contributed by atoms with van der Waals surface area (Å²) >= 11 is 0. The van der Waals surface area contributed by atoms with Crippen molar-refractivity contribution in [3.05, 3.63) is 77.4 Å². The molecule has 0 radical (unpaired) electrons. The van der Waals surface area contributed by atoms with Crippen molar-refractivity contribution in [1.82, 2.24) is 10.2 Å². The Hall–Kier alpha value is -3.18. The van der Waals surface area contributed by atoms with Crippen LogP contribution in [0, 0.1) is 0 Å². The molecule has 4 rings (SSSR count). The van der Waals surface area contributed by atoms with Crippen LogP contribution >= 0.6 is 0 Å². The molecule has 5 nitrogen and oxygen atoms in total. The molecule has 5 heteroatoms. The highest BCUT2D eigenvalue weighted by atomic mass is 16.5. The first-order chi connectivity index (χ1) is 15.1. The average molecular weight is 417 g/mol. The summed E-state index contributed by atoms with van der Waals surface area (Å²) in [6.45, 7) is 2.79. The van der Waals surface area contributed by atoms with Gasteiger partial charge in [0, 0.05) is 37.7 Å². The van der Waals surface area contributed by atoms with E-state index in [2.05, 4.69) is 40.5 Å². The van der Waals surface area contributed by atoms with E-state index in [1.165, 1.54) is 16.3 Å². The smallest absolute Gasteiger partial charge is 0.251 e. The number of fused-ring (bicyclic) bond motifs is 1. The number of hydrogen-bond acceptors (Lipinski definition) is 4. The number of carbonyl (C=O) groups excluding carboxylic acids is 2. The quantitative estimate of drug-likeness (QED) is 0.592. The van der Waals surface area contributed by atoms with Gasteiger partial charge in [-0.05, 0) is 59.0 Å². The van der Waals surface area contributed by atoms with E-state index < -0.39 is 0 Å². The minimum absolute atomic E-state index is 0.0435. The summed E-state index contributed by atoms with van der Waals surface area (Å²) in [5.74, 6) is 0.647. The lowest BCUT2D eigenvalue weighted by Crippen LogP contribution is -2.44. The monoisotopic (exact) mass is 416 g/mol. The molecular weight excluding hydrogens is 388 g/mol. The number of carbonyl (C=O) groups is 2. The summed E-state index contributed by atoms with van der Waals surface area (Å²) < 4.78 is 5.21. The van der Waals surface area contributed by atoms with Gasteiger partial charge in [-0.25, -0.2) is 0 Å². The zero-order valence-corrected chi connectivity index (χ0v) is 17.8. The van der Waals surface area contributed by atoms with E-state index in [1.54, 1.807) is 13.2 Å². The van der Waals surface area contributed by atoms with Gasteiger partial charge >= 0.3 is 0 Å². The lowest BCUT2D eigenvalue weighted by molar-refractivity contribution is -0.107.